The van der Waals surface area contributed by atoms with Crippen molar-refractivity contribution in [3.63, 3.8) is 0 Å². The van der Waals surface area contributed by atoms with Crippen LogP contribution in [-0.4, -0.2) is 0 Å². The number of aryl methyl sites for hydroxylation is 1. The SMILES string of the molecule is [CH2-][n+]1cccc(C)c1-c1ccccc1. The third kappa shape index (κ3) is 1.49. The van der Waals surface area contributed by atoms with Crippen LogP contribution in [0.2, 0.25) is 0 Å². The highest BCUT2D eigenvalue weighted by Crippen LogP contribution is 2.17. The van der Waals surface area contributed by atoms with Crippen LogP contribution in [0, 0.1) is 14.0 Å². The molecule has 14 heavy (non-hydrogen) atoms. The van der Waals surface area contributed by atoms with Crippen molar-refractivity contribution in [2.75, 3.05) is 0 Å². The zero-order valence-corrected chi connectivity index (χ0v) is 8.27. The lowest BCUT2D eigenvalue weighted by molar-refractivity contribution is -0.601. The maximum atomic E-state index is 3.97. The minimum atomic E-state index is 1.17. The van der Waals surface area contributed by atoms with Crippen molar-refractivity contribution in [3.05, 3.63) is 61.3 Å². The van der Waals surface area contributed by atoms with Gasteiger partial charge in [0.05, 0.1) is 6.20 Å². The van der Waals surface area contributed by atoms with E-state index in [0.717, 1.165) is 0 Å². The summed E-state index contributed by atoms with van der Waals surface area (Å²) in [6.07, 6.45) is 1.97. The Kier molecular flexibility index (Phi) is 2.23. The second-order valence-corrected chi connectivity index (χ2v) is 3.38. The minimum absolute atomic E-state index is 1.17. The summed E-state index contributed by atoms with van der Waals surface area (Å²) in [7, 11) is 3.97. The summed E-state index contributed by atoms with van der Waals surface area (Å²) in [5.41, 5.74) is 3.63. The number of hydrogen-bond donors (Lipinski definition) is 0. The molecule has 0 radical (unpaired) electrons. The zero-order chi connectivity index (χ0) is 9.97. The van der Waals surface area contributed by atoms with Crippen molar-refractivity contribution in [2.45, 2.75) is 6.92 Å². The minimum Gasteiger partial charge on any atom is -0.333 e. The van der Waals surface area contributed by atoms with E-state index < -0.39 is 0 Å². The Bertz CT molecular complexity index is 412. The molecular weight excluding hydrogens is 170 g/mol. The summed E-state index contributed by atoms with van der Waals surface area (Å²) in [6, 6.07) is 14.4. The molecule has 0 N–H and O–H groups in total. The molecule has 0 unspecified atom stereocenters. The number of hydrogen-bond acceptors (Lipinski definition) is 0. The summed E-state index contributed by atoms with van der Waals surface area (Å²) >= 11 is 0. The molecule has 70 valence electrons. The fraction of sp³-hybridized carbons (Fsp3) is 0.0769. The zero-order valence-electron chi connectivity index (χ0n) is 8.27. The molecular formula is C13H13N. The molecule has 0 atom stereocenters. The Morgan fingerprint density at radius 1 is 1.00 bits per heavy atom. The molecule has 0 spiro atoms. The van der Waals surface area contributed by atoms with E-state index in [9.17, 15) is 0 Å². The average Bonchev–Trinajstić information content (AvgIpc) is 2.19. The van der Waals surface area contributed by atoms with Gasteiger partial charge in [-0.2, -0.15) is 0 Å². The number of pyridine rings is 1. The van der Waals surface area contributed by atoms with E-state index in [1.165, 1.54) is 16.8 Å². The van der Waals surface area contributed by atoms with E-state index in [1.807, 2.05) is 35.0 Å². The molecule has 0 bridgehead atoms. The molecule has 0 amide bonds. The Morgan fingerprint density at radius 2 is 1.71 bits per heavy atom. The largest absolute Gasteiger partial charge is 0.333 e. The fourth-order valence-electron chi connectivity index (χ4n) is 1.66. The predicted molar refractivity (Wildman–Crippen MR) is 57.6 cm³/mol. The first-order valence-electron chi connectivity index (χ1n) is 4.66. The molecule has 0 saturated carbocycles. The quantitative estimate of drug-likeness (QED) is 0.472. The first kappa shape index (κ1) is 8.82. The lowest BCUT2D eigenvalue weighted by Gasteiger charge is -2.09. The summed E-state index contributed by atoms with van der Waals surface area (Å²) < 4.78 is 1.91. The lowest BCUT2D eigenvalue weighted by atomic mass is 10.1. The third-order valence-corrected chi connectivity index (χ3v) is 2.32. The second kappa shape index (κ2) is 3.54. The number of nitrogens with zero attached hydrogens (tertiary/aromatic N) is 1. The van der Waals surface area contributed by atoms with Gasteiger partial charge in [-0.3, -0.25) is 0 Å². The summed E-state index contributed by atoms with van der Waals surface area (Å²) in [6.45, 7) is 2.10. The van der Waals surface area contributed by atoms with Crippen molar-refractivity contribution < 1.29 is 4.57 Å². The highest BCUT2D eigenvalue weighted by Gasteiger charge is 2.03. The van der Waals surface area contributed by atoms with Gasteiger partial charge in [-0.25, -0.2) is 0 Å². The van der Waals surface area contributed by atoms with Gasteiger partial charge in [-0.1, -0.05) is 42.5 Å². The monoisotopic (exact) mass is 183 g/mol. The first-order valence-corrected chi connectivity index (χ1v) is 4.66. The van der Waals surface area contributed by atoms with Crippen LogP contribution < -0.4 is 4.57 Å². The van der Waals surface area contributed by atoms with Crippen LogP contribution in [0.25, 0.3) is 11.3 Å². The van der Waals surface area contributed by atoms with Crippen molar-refractivity contribution in [3.8, 4) is 11.3 Å². The number of benzene rings is 1. The predicted octanol–water partition coefficient (Wildman–Crippen LogP) is 2.59. The Balaban J connectivity index is 2.63. The topological polar surface area (TPSA) is 3.88 Å². The number of rotatable bonds is 1. The van der Waals surface area contributed by atoms with Crippen LogP contribution in [0.15, 0.2) is 48.7 Å². The van der Waals surface area contributed by atoms with E-state index in [4.69, 9.17) is 0 Å². The van der Waals surface area contributed by atoms with E-state index >= 15 is 0 Å². The highest BCUT2D eigenvalue weighted by atomic mass is 14.9. The van der Waals surface area contributed by atoms with E-state index in [1.54, 1.807) is 0 Å². The van der Waals surface area contributed by atoms with E-state index in [-0.39, 0.29) is 0 Å². The second-order valence-electron chi connectivity index (χ2n) is 3.38. The molecule has 1 heteroatoms. The first-order chi connectivity index (χ1) is 6.79. The van der Waals surface area contributed by atoms with Gasteiger partial charge in [0.25, 0.3) is 0 Å². The fourth-order valence-corrected chi connectivity index (χ4v) is 1.66. The molecule has 1 heterocycles. The molecule has 0 saturated heterocycles. The van der Waals surface area contributed by atoms with E-state index in [2.05, 4.69) is 32.2 Å². The van der Waals surface area contributed by atoms with Gasteiger partial charge in [0.2, 0.25) is 0 Å². The van der Waals surface area contributed by atoms with Gasteiger partial charge in [0.1, 0.15) is 5.69 Å². The van der Waals surface area contributed by atoms with Crippen molar-refractivity contribution in [2.24, 2.45) is 0 Å². The van der Waals surface area contributed by atoms with E-state index in [0.29, 0.717) is 0 Å². The average molecular weight is 183 g/mol. The Labute approximate surface area is 84.6 Å². The normalized spacial score (nSPS) is 10.1. The number of aromatic nitrogens is 1. The summed E-state index contributed by atoms with van der Waals surface area (Å²) in [5.74, 6) is 0. The van der Waals surface area contributed by atoms with Crippen molar-refractivity contribution >= 4 is 0 Å². The van der Waals surface area contributed by atoms with Gasteiger partial charge in [-0.05, 0) is 18.1 Å². The maximum absolute atomic E-state index is 3.97. The van der Waals surface area contributed by atoms with Gasteiger partial charge >= 0.3 is 0 Å². The van der Waals surface area contributed by atoms with Crippen molar-refractivity contribution in [1.29, 1.82) is 0 Å². The molecule has 2 rings (SSSR count). The molecule has 1 aromatic heterocycles. The lowest BCUT2D eigenvalue weighted by Crippen LogP contribution is -2.28. The smallest absolute Gasteiger partial charge is 0.114 e. The van der Waals surface area contributed by atoms with Crippen LogP contribution in [0.3, 0.4) is 0 Å². The van der Waals surface area contributed by atoms with Gasteiger partial charge in [0, 0.05) is 7.05 Å². The van der Waals surface area contributed by atoms with Gasteiger partial charge in [-0.15, -0.1) is 0 Å². The molecule has 0 aliphatic rings. The highest BCUT2D eigenvalue weighted by molar-refractivity contribution is 5.59. The summed E-state index contributed by atoms with van der Waals surface area (Å²) in [5, 5.41) is 0. The molecule has 1 aromatic carbocycles. The summed E-state index contributed by atoms with van der Waals surface area (Å²) in [4.78, 5) is 0. The van der Waals surface area contributed by atoms with Crippen LogP contribution in [-0.2, 0) is 0 Å². The van der Waals surface area contributed by atoms with Crippen LogP contribution in [0.1, 0.15) is 5.56 Å². The van der Waals surface area contributed by atoms with Crippen LogP contribution in [0.4, 0.5) is 0 Å². The van der Waals surface area contributed by atoms with Gasteiger partial charge < -0.3 is 4.57 Å². The third-order valence-electron chi connectivity index (χ3n) is 2.32. The molecule has 0 aliphatic carbocycles. The molecule has 1 nitrogen and oxygen atoms in total. The molecule has 0 fully saturated rings. The Hall–Kier alpha value is -1.76. The van der Waals surface area contributed by atoms with Crippen LogP contribution in [0.5, 0.6) is 0 Å². The van der Waals surface area contributed by atoms with Gasteiger partial charge in [0.15, 0.2) is 0 Å². The van der Waals surface area contributed by atoms with Crippen LogP contribution >= 0.6 is 0 Å². The standard InChI is InChI=1S/C13H13N/c1-11-7-6-10-14(2)13(11)12-8-4-3-5-9-12/h3-10H,2H2,1H3. The maximum Gasteiger partial charge on any atom is 0.114 e. The van der Waals surface area contributed by atoms with Crippen molar-refractivity contribution in [1.82, 2.24) is 0 Å². The molecule has 2 aromatic rings. The Morgan fingerprint density at radius 3 is 2.36 bits per heavy atom. The molecule has 0 aliphatic heterocycles.